The van der Waals surface area contributed by atoms with Crippen LogP contribution in [0.5, 0.6) is 17.2 Å². The van der Waals surface area contributed by atoms with Crippen LogP contribution < -0.4 is 14.2 Å². The zero-order valence-corrected chi connectivity index (χ0v) is 17.5. The van der Waals surface area contributed by atoms with Gasteiger partial charge in [-0.3, -0.25) is 0 Å². The number of aromatic nitrogens is 2. The van der Waals surface area contributed by atoms with E-state index in [4.69, 9.17) is 41.8 Å². The van der Waals surface area contributed by atoms with Crippen LogP contribution in [0.2, 0.25) is 10.0 Å². The highest BCUT2D eigenvalue weighted by Crippen LogP contribution is 2.39. The number of thioether (sulfide) groups is 1. The lowest BCUT2D eigenvalue weighted by molar-refractivity contribution is -0.131. The van der Waals surface area contributed by atoms with Crippen LogP contribution in [-0.2, 0) is 4.79 Å². The van der Waals surface area contributed by atoms with Gasteiger partial charge in [0.15, 0.2) is 11.5 Å². The fourth-order valence-corrected chi connectivity index (χ4v) is 3.66. The van der Waals surface area contributed by atoms with Crippen molar-refractivity contribution in [2.45, 2.75) is 5.22 Å². The van der Waals surface area contributed by atoms with Crippen molar-refractivity contribution >= 4 is 47.0 Å². The van der Waals surface area contributed by atoms with Crippen LogP contribution in [-0.4, -0.2) is 35.2 Å². The minimum atomic E-state index is -1.19. The molecule has 0 atom stereocenters. The van der Waals surface area contributed by atoms with Gasteiger partial charge >= 0.3 is 5.97 Å². The number of hydrogen-bond acceptors (Lipinski definition) is 8. The first kappa shape index (κ1) is 20.4. The molecule has 0 unspecified atom stereocenters. The summed E-state index contributed by atoms with van der Waals surface area (Å²) in [4.78, 5) is 11.7. The number of aliphatic carboxylic acids is 1. The van der Waals surface area contributed by atoms with E-state index >= 15 is 0 Å². The Bertz CT molecular complexity index is 1160. The molecule has 1 aromatic heterocycles. The Morgan fingerprint density at radius 1 is 1.20 bits per heavy atom. The van der Waals surface area contributed by atoms with Crippen molar-refractivity contribution in [3.63, 3.8) is 0 Å². The largest absolute Gasteiger partial charge is 0.496 e. The molecule has 1 N–H and O–H groups in total. The van der Waals surface area contributed by atoms with Crippen LogP contribution in [0.4, 0.5) is 0 Å². The average Bonchev–Trinajstić information content (AvgIpc) is 3.36. The molecule has 2 aromatic carbocycles. The van der Waals surface area contributed by atoms with Gasteiger partial charge in [-0.2, -0.15) is 0 Å². The lowest BCUT2D eigenvalue weighted by Crippen LogP contribution is -1.97. The first-order chi connectivity index (χ1) is 14.4. The maximum Gasteiger partial charge on any atom is 0.342 e. The molecule has 0 bridgehead atoms. The van der Waals surface area contributed by atoms with Crippen LogP contribution in [0.3, 0.4) is 0 Å². The number of rotatable bonds is 6. The van der Waals surface area contributed by atoms with Gasteiger partial charge in [0.2, 0.25) is 6.79 Å². The number of carboxylic acids is 1. The van der Waals surface area contributed by atoms with E-state index in [1.165, 1.54) is 13.2 Å². The molecule has 0 spiro atoms. The molecule has 154 valence electrons. The standard InChI is InChI=1S/C19H12Cl2N2O6S/c1-26-13-3-2-10(20)6-11(13)17-22-23-19(29-17)30-16(18(24)25)5-9-4-14-15(7-12(9)21)28-8-27-14/h2-7H,8H2,1H3,(H,24,25)/b16-5-. The topological polar surface area (TPSA) is 104 Å². The Labute approximate surface area is 184 Å². The van der Waals surface area contributed by atoms with E-state index in [9.17, 15) is 9.90 Å². The molecule has 4 rings (SSSR count). The van der Waals surface area contributed by atoms with Crippen molar-refractivity contribution in [3.8, 4) is 28.7 Å². The Morgan fingerprint density at radius 3 is 2.70 bits per heavy atom. The van der Waals surface area contributed by atoms with Crippen molar-refractivity contribution in [3.05, 3.63) is 50.8 Å². The Balaban J connectivity index is 1.64. The zero-order valence-electron chi connectivity index (χ0n) is 15.2. The van der Waals surface area contributed by atoms with E-state index in [1.54, 1.807) is 30.3 Å². The molecule has 3 aromatic rings. The van der Waals surface area contributed by atoms with Gasteiger partial charge in [0.1, 0.15) is 10.7 Å². The summed E-state index contributed by atoms with van der Waals surface area (Å²) in [6.07, 6.45) is 1.39. The number of fused-ring (bicyclic) bond motifs is 1. The number of ether oxygens (including phenoxy) is 3. The number of halogens is 2. The van der Waals surface area contributed by atoms with E-state index in [2.05, 4.69) is 10.2 Å². The molecule has 1 aliphatic rings. The first-order valence-corrected chi connectivity index (χ1v) is 9.91. The Kier molecular flexibility index (Phi) is 5.76. The smallest absolute Gasteiger partial charge is 0.342 e. The highest BCUT2D eigenvalue weighted by Gasteiger charge is 2.20. The number of hydrogen-bond donors (Lipinski definition) is 1. The second-order valence-electron chi connectivity index (χ2n) is 5.86. The lowest BCUT2D eigenvalue weighted by atomic mass is 10.2. The third-order valence-electron chi connectivity index (χ3n) is 3.98. The molecule has 2 heterocycles. The zero-order chi connectivity index (χ0) is 21.3. The van der Waals surface area contributed by atoms with E-state index in [-0.39, 0.29) is 22.8 Å². The van der Waals surface area contributed by atoms with E-state index in [0.29, 0.717) is 38.4 Å². The van der Waals surface area contributed by atoms with Crippen LogP contribution in [0.25, 0.3) is 17.5 Å². The van der Waals surface area contributed by atoms with Gasteiger partial charge < -0.3 is 23.7 Å². The summed E-state index contributed by atoms with van der Waals surface area (Å²) in [6.45, 7) is 0.0805. The number of nitrogens with zero attached hydrogens (tertiary/aromatic N) is 2. The van der Waals surface area contributed by atoms with Gasteiger partial charge in [-0.15, -0.1) is 10.2 Å². The predicted molar refractivity (Wildman–Crippen MR) is 110 cm³/mol. The SMILES string of the molecule is COc1ccc(Cl)cc1-c1nnc(S/C(=C\c2cc3c(cc2Cl)OCO3)C(=O)O)o1. The number of carboxylic acid groups (broad SMARTS) is 1. The van der Waals surface area contributed by atoms with Crippen LogP contribution in [0, 0.1) is 0 Å². The molecule has 11 heteroatoms. The van der Waals surface area contributed by atoms with Crippen molar-refractivity contribution in [2.75, 3.05) is 13.9 Å². The summed E-state index contributed by atoms with van der Waals surface area (Å²) >= 11 is 13.0. The molecular formula is C19H12Cl2N2O6S. The molecule has 0 aliphatic carbocycles. The molecule has 0 saturated heterocycles. The molecule has 1 aliphatic heterocycles. The summed E-state index contributed by atoms with van der Waals surface area (Å²) in [7, 11) is 1.50. The minimum absolute atomic E-state index is 0.0255. The van der Waals surface area contributed by atoms with Gasteiger partial charge in [0.25, 0.3) is 11.1 Å². The molecule has 8 nitrogen and oxygen atoms in total. The lowest BCUT2D eigenvalue weighted by Gasteiger charge is -2.05. The van der Waals surface area contributed by atoms with E-state index < -0.39 is 5.97 Å². The van der Waals surface area contributed by atoms with Gasteiger partial charge in [-0.25, -0.2) is 4.79 Å². The van der Waals surface area contributed by atoms with Crippen molar-refractivity contribution in [1.82, 2.24) is 10.2 Å². The van der Waals surface area contributed by atoms with Crippen molar-refractivity contribution in [1.29, 1.82) is 0 Å². The van der Waals surface area contributed by atoms with Crippen LogP contribution in [0.15, 0.2) is 44.9 Å². The number of benzene rings is 2. The number of methoxy groups -OCH3 is 1. The van der Waals surface area contributed by atoms with Gasteiger partial charge in [0.05, 0.1) is 17.7 Å². The van der Waals surface area contributed by atoms with E-state index in [1.807, 2.05) is 0 Å². The Hall–Kier alpha value is -2.88. The monoisotopic (exact) mass is 466 g/mol. The molecule has 0 amide bonds. The normalized spacial score (nSPS) is 12.8. The quantitative estimate of drug-likeness (QED) is 0.396. The second kappa shape index (κ2) is 8.47. The maximum atomic E-state index is 11.8. The molecule has 0 radical (unpaired) electrons. The third-order valence-corrected chi connectivity index (χ3v) is 5.40. The van der Waals surface area contributed by atoms with E-state index in [0.717, 1.165) is 11.8 Å². The van der Waals surface area contributed by atoms with Gasteiger partial charge in [-0.1, -0.05) is 23.2 Å². The number of carbonyl (C=O) groups is 1. The first-order valence-electron chi connectivity index (χ1n) is 8.34. The highest BCUT2D eigenvalue weighted by molar-refractivity contribution is 8.03. The molecule has 30 heavy (non-hydrogen) atoms. The van der Waals surface area contributed by atoms with Crippen molar-refractivity contribution < 1.29 is 28.5 Å². The highest BCUT2D eigenvalue weighted by atomic mass is 35.5. The predicted octanol–water partition coefficient (Wildman–Crippen LogP) is 5.00. The second-order valence-corrected chi connectivity index (χ2v) is 7.70. The van der Waals surface area contributed by atoms with Crippen molar-refractivity contribution in [2.24, 2.45) is 0 Å². The fraction of sp³-hybridized carbons (Fsp3) is 0.105. The maximum absolute atomic E-state index is 11.8. The van der Waals surface area contributed by atoms with Crippen LogP contribution >= 0.6 is 35.0 Å². The summed E-state index contributed by atoms with van der Waals surface area (Å²) in [5.41, 5.74) is 0.936. The molecule has 0 fully saturated rings. The summed E-state index contributed by atoms with van der Waals surface area (Å²) in [6, 6.07) is 8.11. The Morgan fingerprint density at radius 2 is 1.97 bits per heavy atom. The molecule has 0 saturated carbocycles. The summed E-state index contributed by atoms with van der Waals surface area (Å²) < 4.78 is 21.4. The minimum Gasteiger partial charge on any atom is -0.496 e. The van der Waals surface area contributed by atoms with Gasteiger partial charge in [0, 0.05) is 11.1 Å². The third kappa shape index (κ3) is 4.18. The fourth-order valence-electron chi connectivity index (χ4n) is 2.62. The van der Waals surface area contributed by atoms with Crippen LogP contribution in [0.1, 0.15) is 5.56 Å². The summed E-state index contributed by atoms with van der Waals surface area (Å²) in [5, 5.41) is 18.3. The van der Waals surface area contributed by atoms with Gasteiger partial charge in [-0.05, 0) is 47.7 Å². The summed E-state index contributed by atoms with van der Waals surface area (Å²) in [5.74, 6) is 0.421. The average molecular weight is 467 g/mol. The molecular weight excluding hydrogens is 455 g/mol.